The Morgan fingerprint density at radius 1 is 0.742 bits per heavy atom. The van der Waals surface area contributed by atoms with E-state index >= 15 is 0 Å². The van der Waals surface area contributed by atoms with Crippen LogP contribution in [0.2, 0.25) is 0 Å². The van der Waals surface area contributed by atoms with Crippen molar-refractivity contribution in [3.8, 4) is 0 Å². The molecule has 1 aromatic carbocycles. The highest BCUT2D eigenvalue weighted by atomic mass is 19.4. The lowest BCUT2D eigenvalue weighted by Gasteiger charge is -2.35. The standard InChI is InChI=1S/C26H43F3O2/c1-5-6-7-8-9-13-16-23(25(2,30-3)31-4)17-14-11-10-12-15-22-18-20-24(21-19-22)26(27,28)29/h18-21,23H,5-17H2,1-4H3. The normalized spacial score (nSPS) is 13.5. The molecule has 5 heteroatoms. The molecule has 0 N–H and O–H groups in total. The minimum Gasteiger partial charge on any atom is -0.353 e. The highest BCUT2D eigenvalue weighted by molar-refractivity contribution is 5.24. The summed E-state index contributed by atoms with van der Waals surface area (Å²) in [6.45, 7) is 4.28. The summed E-state index contributed by atoms with van der Waals surface area (Å²) in [4.78, 5) is 0. The Kier molecular flexibility index (Phi) is 13.4. The number of ether oxygens (including phenoxy) is 2. The fourth-order valence-corrected chi connectivity index (χ4v) is 4.19. The third-order valence-corrected chi connectivity index (χ3v) is 6.51. The van der Waals surface area contributed by atoms with E-state index in [9.17, 15) is 13.2 Å². The van der Waals surface area contributed by atoms with Crippen LogP contribution < -0.4 is 0 Å². The van der Waals surface area contributed by atoms with E-state index in [0.29, 0.717) is 5.92 Å². The van der Waals surface area contributed by atoms with Crippen LogP contribution in [0.15, 0.2) is 24.3 Å². The highest BCUT2D eigenvalue weighted by Gasteiger charge is 2.33. The van der Waals surface area contributed by atoms with E-state index in [1.807, 2.05) is 6.92 Å². The fraction of sp³-hybridized carbons (Fsp3) is 0.769. The van der Waals surface area contributed by atoms with E-state index in [1.165, 1.54) is 50.7 Å². The number of aryl methyl sites for hydroxylation is 1. The largest absolute Gasteiger partial charge is 0.416 e. The zero-order chi connectivity index (χ0) is 23.2. The molecule has 0 saturated carbocycles. The maximum atomic E-state index is 12.6. The zero-order valence-electron chi connectivity index (χ0n) is 20.0. The molecule has 0 amide bonds. The number of hydrogen-bond donors (Lipinski definition) is 0. The molecule has 0 aliphatic rings. The van der Waals surface area contributed by atoms with Gasteiger partial charge in [0.1, 0.15) is 0 Å². The number of alkyl halides is 3. The minimum absolute atomic E-state index is 0.378. The highest BCUT2D eigenvalue weighted by Crippen LogP contribution is 2.32. The molecule has 0 spiro atoms. The van der Waals surface area contributed by atoms with Gasteiger partial charge >= 0.3 is 6.18 Å². The second kappa shape index (κ2) is 14.9. The Hall–Kier alpha value is -1.07. The number of unbranched alkanes of at least 4 members (excludes halogenated alkanes) is 8. The van der Waals surface area contributed by atoms with Crippen LogP contribution in [0.3, 0.4) is 0 Å². The molecule has 0 radical (unpaired) electrons. The van der Waals surface area contributed by atoms with Crippen molar-refractivity contribution in [3.63, 3.8) is 0 Å². The Morgan fingerprint density at radius 3 is 1.71 bits per heavy atom. The molecule has 0 aliphatic heterocycles. The predicted octanol–water partition coefficient (Wildman–Crippen LogP) is 8.57. The van der Waals surface area contributed by atoms with Gasteiger partial charge in [0.25, 0.3) is 0 Å². The molecule has 1 unspecified atom stereocenters. The molecule has 31 heavy (non-hydrogen) atoms. The fourth-order valence-electron chi connectivity index (χ4n) is 4.19. The monoisotopic (exact) mass is 444 g/mol. The van der Waals surface area contributed by atoms with E-state index in [-0.39, 0.29) is 0 Å². The molecular weight excluding hydrogens is 401 g/mol. The lowest BCUT2D eigenvalue weighted by molar-refractivity contribution is -0.230. The summed E-state index contributed by atoms with van der Waals surface area (Å²) in [5.41, 5.74) is 0.396. The molecule has 1 rings (SSSR count). The first-order valence-electron chi connectivity index (χ1n) is 12.0. The summed E-state index contributed by atoms with van der Waals surface area (Å²) >= 11 is 0. The average Bonchev–Trinajstić information content (AvgIpc) is 2.76. The van der Waals surface area contributed by atoms with Crippen LogP contribution in [0, 0.1) is 5.92 Å². The maximum absolute atomic E-state index is 12.6. The minimum atomic E-state index is -4.26. The Balaban J connectivity index is 2.33. The first-order chi connectivity index (χ1) is 14.8. The topological polar surface area (TPSA) is 18.5 Å². The Morgan fingerprint density at radius 2 is 1.23 bits per heavy atom. The molecular formula is C26H43F3O2. The van der Waals surface area contributed by atoms with E-state index in [0.717, 1.165) is 50.5 Å². The first-order valence-corrected chi connectivity index (χ1v) is 12.0. The summed E-state index contributed by atoms with van der Waals surface area (Å²) < 4.78 is 49.3. The van der Waals surface area contributed by atoms with Crippen molar-refractivity contribution in [2.45, 2.75) is 109 Å². The molecule has 0 saturated heterocycles. The molecule has 0 fully saturated rings. The van der Waals surface area contributed by atoms with Crippen LogP contribution in [0.4, 0.5) is 13.2 Å². The van der Waals surface area contributed by atoms with Gasteiger partial charge in [-0.2, -0.15) is 13.2 Å². The molecule has 2 nitrogen and oxygen atoms in total. The number of hydrogen-bond acceptors (Lipinski definition) is 2. The van der Waals surface area contributed by atoms with Gasteiger partial charge in [0.15, 0.2) is 5.79 Å². The van der Waals surface area contributed by atoms with Crippen LogP contribution in [0.5, 0.6) is 0 Å². The molecule has 0 heterocycles. The van der Waals surface area contributed by atoms with Crippen LogP contribution in [0.25, 0.3) is 0 Å². The van der Waals surface area contributed by atoms with Gasteiger partial charge in [0.05, 0.1) is 5.56 Å². The predicted molar refractivity (Wildman–Crippen MR) is 122 cm³/mol. The second-order valence-electron chi connectivity index (χ2n) is 8.83. The second-order valence-corrected chi connectivity index (χ2v) is 8.83. The average molecular weight is 445 g/mol. The van der Waals surface area contributed by atoms with Gasteiger partial charge in [-0.25, -0.2) is 0 Å². The summed E-state index contributed by atoms with van der Waals surface area (Å²) in [7, 11) is 3.45. The van der Waals surface area contributed by atoms with E-state index in [4.69, 9.17) is 9.47 Å². The van der Waals surface area contributed by atoms with Gasteiger partial charge in [0.2, 0.25) is 0 Å². The van der Waals surface area contributed by atoms with Crippen LogP contribution in [-0.2, 0) is 22.1 Å². The van der Waals surface area contributed by atoms with Crippen molar-refractivity contribution < 1.29 is 22.6 Å². The van der Waals surface area contributed by atoms with Crippen LogP contribution in [0.1, 0.15) is 102 Å². The van der Waals surface area contributed by atoms with E-state index < -0.39 is 17.5 Å². The van der Waals surface area contributed by atoms with E-state index in [1.54, 1.807) is 26.4 Å². The summed E-state index contributed by atoms with van der Waals surface area (Å²) in [6, 6.07) is 5.56. The van der Waals surface area contributed by atoms with Gasteiger partial charge in [0, 0.05) is 20.1 Å². The zero-order valence-corrected chi connectivity index (χ0v) is 20.0. The summed E-state index contributed by atoms with van der Waals surface area (Å²) in [6.07, 6.45) is 10.8. The van der Waals surface area contributed by atoms with Crippen LogP contribution >= 0.6 is 0 Å². The third-order valence-electron chi connectivity index (χ3n) is 6.51. The summed E-state index contributed by atoms with van der Waals surface area (Å²) in [5.74, 6) is -0.160. The smallest absolute Gasteiger partial charge is 0.353 e. The number of rotatable bonds is 17. The molecule has 0 bridgehead atoms. The number of halogens is 3. The Bertz CT molecular complexity index is 565. The first kappa shape index (κ1) is 28.0. The van der Waals surface area contributed by atoms with E-state index in [2.05, 4.69) is 6.92 Å². The van der Waals surface area contributed by atoms with Gasteiger partial charge in [-0.15, -0.1) is 0 Å². The third kappa shape index (κ3) is 10.9. The van der Waals surface area contributed by atoms with Gasteiger partial charge < -0.3 is 9.47 Å². The quantitative estimate of drug-likeness (QED) is 0.177. The lowest BCUT2D eigenvalue weighted by atomic mass is 9.87. The molecule has 1 aromatic rings. The molecule has 0 aliphatic carbocycles. The molecule has 0 aromatic heterocycles. The lowest BCUT2D eigenvalue weighted by Crippen LogP contribution is -2.39. The number of benzene rings is 1. The van der Waals surface area contributed by atoms with Crippen molar-refractivity contribution in [2.24, 2.45) is 5.92 Å². The summed E-state index contributed by atoms with van der Waals surface area (Å²) in [5, 5.41) is 0. The molecule has 1 atom stereocenters. The Labute approximate surface area is 187 Å². The number of methoxy groups -OCH3 is 2. The van der Waals surface area contributed by atoms with Gasteiger partial charge in [-0.3, -0.25) is 0 Å². The van der Waals surface area contributed by atoms with Gasteiger partial charge in [-0.05, 0) is 50.3 Å². The molecule has 180 valence electrons. The maximum Gasteiger partial charge on any atom is 0.416 e. The van der Waals surface area contributed by atoms with Crippen molar-refractivity contribution in [1.29, 1.82) is 0 Å². The SMILES string of the molecule is CCCCCCCCC(CCCCCCc1ccc(C(F)(F)F)cc1)C(C)(OC)OC. The van der Waals surface area contributed by atoms with Crippen molar-refractivity contribution in [1.82, 2.24) is 0 Å². The van der Waals surface area contributed by atoms with Crippen molar-refractivity contribution >= 4 is 0 Å². The van der Waals surface area contributed by atoms with Crippen LogP contribution in [-0.4, -0.2) is 20.0 Å². The van der Waals surface area contributed by atoms with Crippen molar-refractivity contribution in [3.05, 3.63) is 35.4 Å². The van der Waals surface area contributed by atoms with Crippen molar-refractivity contribution in [2.75, 3.05) is 14.2 Å². The van der Waals surface area contributed by atoms with Gasteiger partial charge in [-0.1, -0.05) is 76.8 Å².